The van der Waals surface area contributed by atoms with E-state index in [-0.39, 0.29) is 6.42 Å². The van der Waals surface area contributed by atoms with Gasteiger partial charge in [0.05, 0.1) is 20.6 Å². The van der Waals surface area contributed by atoms with Gasteiger partial charge in [0.2, 0.25) is 0 Å². The van der Waals surface area contributed by atoms with Gasteiger partial charge in [0.25, 0.3) is 0 Å². The molecular formula is C14H16O4. The molecule has 0 aliphatic carbocycles. The third kappa shape index (κ3) is 4.05. The van der Waals surface area contributed by atoms with Gasteiger partial charge >= 0.3 is 11.9 Å². The Hall–Kier alpha value is -2.10. The van der Waals surface area contributed by atoms with Gasteiger partial charge in [-0.15, -0.1) is 0 Å². The first-order valence-corrected chi connectivity index (χ1v) is 5.49. The molecule has 0 radical (unpaired) electrons. The number of hydrogen-bond donors (Lipinski definition) is 0. The molecule has 0 spiro atoms. The minimum absolute atomic E-state index is 0.0364. The predicted octanol–water partition coefficient (Wildman–Crippen LogP) is 2.11. The van der Waals surface area contributed by atoms with Crippen LogP contribution >= 0.6 is 0 Å². The van der Waals surface area contributed by atoms with Crippen LogP contribution in [0.3, 0.4) is 0 Å². The summed E-state index contributed by atoms with van der Waals surface area (Å²) in [5.74, 6) is -0.889. The first kappa shape index (κ1) is 14.0. The molecule has 0 N–H and O–H groups in total. The van der Waals surface area contributed by atoms with Crippen molar-refractivity contribution in [2.75, 3.05) is 14.2 Å². The fourth-order valence-electron chi connectivity index (χ4n) is 1.43. The van der Waals surface area contributed by atoms with Crippen LogP contribution in [0.25, 0.3) is 5.57 Å². The molecule has 18 heavy (non-hydrogen) atoms. The Labute approximate surface area is 106 Å². The number of benzene rings is 1. The fraction of sp³-hybridized carbons (Fsp3) is 0.286. The average Bonchev–Trinajstić information content (AvgIpc) is 2.38. The van der Waals surface area contributed by atoms with Crippen LogP contribution in [0.4, 0.5) is 0 Å². The van der Waals surface area contributed by atoms with Crippen LogP contribution in [0.15, 0.2) is 30.3 Å². The van der Waals surface area contributed by atoms with Gasteiger partial charge in [0.15, 0.2) is 0 Å². The number of hydrogen-bond acceptors (Lipinski definition) is 4. The molecule has 0 aromatic heterocycles. The smallest absolute Gasteiger partial charge is 0.330 e. The van der Waals surface area contributed by atoms with Crippen LogP contribution in [-0.2, 0) is 19.1 Å². The molecule has 4 heteroatoms. The molecule has 0 saturated heterocycles. The summed E-state index contributed by atoms with van der Waals surface area (Å²) in [6, 6.07) is 7.54. The first-order valence-electron chi connectivity index (χ1n) is 5.49. The van der Waals surface area contributed by atoms with Gasteiger partial charge in [-0.3, -0.25) is 4.79 Å². The molecule has 1 aromatic carbocycles. The summed E-state index contributed by atoms with van der Waals surface area (Å²) in [6.45, 7) is 1.97. The number of ether oxygens (including phenoxy) is 2. The molecule has 0 saturated carbocycles. The maximum absolute atomic E-state index is 11.3. The van der Waals surface area contributed by atoms with Gasteiger partial charge in [-0.1, -0.05) is 29.8 Å². The zero-order valence-electron chi connectivity index (χ0n) is 10.7. The summed E-state index contributed by atoms with van der Waals surface area (Å²) >= 11 is 0. The summed E-state index contributed by atoms with van der Waals surface area (Å²) in [4.78, 5) is 22.6. The van der Waals surface area contributed by atoms with E-state index in [1.54, 1.807) is 0 Å². The first-order chi connectivity index (χ1) is 8.56. The molecule has 0 atom stereocenters. The predicted molar refractivity (Wildman–Crippen MR) is 67.8 cm³/mol. The van der Waals surface area contributed by atoms with E-state index in [4.69, 9.17) is 0 Å². The molecule has 0 aliphatic heterocycles. The lowest BCUT2D eigenvalue weighted by Crippen LogP contribution is -2.04. The van der Waals surface area contributed by atoms with Crippen molar-refractivity contribution in [3.05, 3.63) is 41.5 Å². The summed E-state index contributed by atoms with van der Waals surface area (Å²) < 4.78 is 9.18. The molecule has 96 valence electrons. The maximum atomic E-state index is 11.3. The van der Waals surface area contributed by atoms with Crippen molar-refractivity contribution in [2.45, 2.75) is 13.3 Å². The lowest BCUT2D eigenvalue weighted by atomic mass is 10.0. The van der Waals surface area contributed by atoms with E-state index in [0.717, 1.165) is 11.1 Å². The fourth-order valence-corrected chi connectivity index (χ4v) is 1.43. The van der Waals surface area contributed by atoms with Crippen LogP contribution in [0.1, 0.15) is 17.5 Å². The molecule has 1 aromatic rings. The molecular weight excluding hydrogens is 232 g/mol. The SMILES string of the molecule is COC(=O)/C=C(\CC(=O)OC)c1ccc(C)cc1. The van der Waals surface area contributed by atoms with E-state index in [1.807, 2.05) is 31.2 Å². The molecule has 0 unspecified atom stereocenters. The molecule has 0 fully saturated rings. The summed E-state index contributed by atoms with van der Waals surface area (Å²) in [7, 11) is 2.61. The lowest BCUT2D eigenvalue weighted by molar-refractivity contribution is -0.139. The van der Waals surface area contributed by atoms with Crippen LogP contribution in [0, 0.1) is 6.92 Å². The van der Waals surface area contributed by atoms with Crippen LogP contribution in [0.2, 0.25) is 0 Å². The van der Waals surface area contributed by atoms with Crippen molar-refractivity contribution in [1.29, 1.82) is 0 Å². The van der Waals surface area contributed by atoms with E-state index in [1.165, 1.54) is 20.3 Å². The number of aryl methyl sites for hydroxylation is 1. The average molecular weight is 248 g/mol. The highest BCUT2D eigenvalue weighted by atomic mass is 16.5. The van der Waals surface area contributed by atoms with E-state index in [9.17, 15) is 9.59 Å². The van der Waals surface area contributed by atoms with E-state index >= 15 is 0 Å². The monoisotopic (exact) mass is 248 g/mol. The number of methoxy groups -OCH3 is 2. The molecule has 0 aliphatic rings. The summed E-state index contributed by atoms with van der Waals surface area (Å²) in [5.41, 5.74) is 2.49. The Morgan fingerprint density at radius 3 is 2.22 bits per heavy atom. The van der Waals surface area contributed by atoms with Gasteiger partial charge in [-0.05, 0) is 18.1 Å². The Morgan fingerprint density at radius 2 is 1.72 bits per heavy atom. The van der Waals surface area contributed by atoms with Gasteiger partial charge in [-0.25, -0.2) is 4.79 Å². The second-order valence-electron chi connectivity index (χ2n) is 3.81. The summed E-state index contributed by atoms with van der Waals surface area (Å²) in [6.07, 6.45) is 1.34. The van der Waals surface area contributed by atoms with Crippen LogP contribution in [-0.4, -0.2) is 26.2 Å². The van der Waals surface area contributed by atoms with Crippen molar-refractivity contribution < 1.29 is 19.1 Å². The zero-order chi connectivity index (χ0) is 13.5. The van der Waals surface area contributed by atoms with Gasteiger partial charge in [0, 0.05) is 6.08 Å². The second kappa shape index (κ2) is 6.59. The van der Waals surface area contributed by atoms with Crippen LogP contribution < -0.4 is 0 Å². The van der Waals surface area contributed by atoms with Crippen molar-refractivity contribution in [3.63, 3.8) is 0 Å². The van der Waals surface area contributed by atoms with Crippen molar-refractivity contribution in [2.24, 2.45) is 0 Å². The Kier molecular flexibility index (Phi) is 5.11. The topological polar surface area (TPSA) is 52.6 Å². The number of carbonyl (C=O) groups is 2. The number of esters is 2. The Balaban J connectivity index is 3.03. The highest BCUT2D eigenvalue weighted by Gasteiger charge is 2.10. The maximum Gasteiger partial charge on any atom is 0.330 e. The highest BCUT2D eigenvalue weighted by Crippen LogP contribution is 2.19. The third-order valence-electron chi connectivity index (χ3n) is 2.48. The van der Waals surface area contributed by atoms with Crippen molar-refractivity contribution in [3.8, 4) is 0 Å². The van der Waals surface area contributed by atoms with E-state index in [0.29, 0.717) is 5.57 Å². The van der Waals surface area contributed by atoms with Crippen LogP contribution in [0.5, 0.6) is 0 Å². The number of carbonyl (C=O) groups excluding carboxylic acids is 2. The molecule has 1 rings (SSSR count). The minimum atomic E-state index is -0.491. The lowest BCUT2D eigenvalue weighted by Gasteiger charge is -2.07. The normalized spacial score (nSPS) is 10.9. The van der Waals surface area contributed by atoms with Crippen molar-refractivity contribution >= 4 is 17.5 Å². The Morgan fingerprint density at radius 1 is 1.11 bits per heavy atom. The van der Waals surface area contributed by atoms with Gasteiger partial charge < -0.3 is 9.47 Å². The zero-order valence-corrected chi connectivity index (χ0v) is 10.7. The highest BCUT2D eigenvalue weighted by molar-refractivity contribution is 5.96. The van der Waals surface area contributed by atoms with Gasteiger partial charge in [-0.2, -0.15) is 0 Å². The number of rotatable bonds is 4. The van der Waals surface area contributed by atoms with E-state index < -0.39 is 11.9 Å². The standard InChI is InChI=1S/C14H16O4/c1-10-4-6-11(7-5-10)12(8-13(15)17-2)9-14(16)18-3/h4-8H,9H2,1-3H3/b12-8+. The second-order valence-corrected chi connectivity index (χ2v) is 3.81. The van der Waals surface area contributed by atoms with E-state index in [2.05, 4.69) is 9.47 Å². The Bertz CT molecular complexity index is 457. The van der Waals surface area contributed by atoms with Crippen molar-refractivity contribution in [1.82, 2.24) is 0 Å². The quantitative estimate of drug-likeness (QED) is 0.605. The molecule has 4 nitrogen and oxygen atoms in total. The molecule has 0 amide bonds. The minimum Gasteiger partial charge on any atom is -0.469 e. The third-order valence-corrected chi connectivity index (χ3v) is 2.48. The molecule has 0 bridgehead atoms. The molecule has 0 heterocycles. The summed E-state index contributed by atoms with van der Waals surface area (Å²) in [5, 5.41) is 0. The largest absolute Gasteiger partial charge is 0.469 e. The van der Waals surface area contributed by atoms with Gasteiger partial charge in [0.1, 0.15) is 0 Å².